The number of nitrogens with zero attached hydrogens (tertiary/aromatic N) is 2. The van der Waals surface area contributed by atoms with Gasteiger partial charge in [-0.1, -0.05) is 30.3 Å². The molecule has 17 heavy (non-hydrogen) atoms. The molecular formula is C13H11N3S. The zero-order valence-corrected chi connectivity index (χ0v) is 10.2. The lowest BCUT2D eigenvalue weighted by atomic mass is 10.0. The molecule has 0 bridgehead atoms. The number of H-pyrrole nitrogens is 1. The van der Waals surface area contributed by atoms with Crippen LogP contribution < -0.4 is 0 Å². The van der Waals surface area contributed by atoms with E-state index < -0.39 is 0 Å². The van der Waals surface area contributed by atoms with Crippen molar-refractivity contribution in [2.45, 2.75) is 6.92 Å². The fraction of sp³-hybridized carbons (Fsp3) is 0.0769. The van der Waals surface area contributed by atoms with Gasteiger partial charge in [-0.05, 0) is 24.5 Å². The van der Waals surface area contributed by atoms with E-state index >= 15 is 0 Å². The van der Waals surface area contributed by atoms with E-state index in [0.29, 0.717) is 0 Å². The first kappa shape index (κ1) is 10.2. The first-order chi connectivity index (χ1) is 8.36. The van der Waals surface area contributed by atoms with Crippen molar-refractivity contribution in [1.29, 1.82) is 0 Å². The molecule has 0 unspecified atom stereocenters. The molecule has 1 aromatic carbocycles. The molecule has 0 aliphatic heterocycles. The Kier molecular flexibility index (Phi) is 2.49. The van der Waals surface area contributed by atoms with Crippen LogP contribution in [0.5, 0.6) is 0 Å². The number of benzene rings is 1. The van der Waals surface area contributed by atoms with Crippen LogP contribution in [0.3, 0.4) is 0 Å². The average molecular weight is 241 g/mol. The van der Waals surface area contributed by atoms with Crippen LogP contribution in [0.2, 0.25) is 0 Å². The summed E-state index contributed by atoms with van der Waals surface area (Å²) in [5.41, 5.74) is 5.23. The van der Waals surface area contributed by atoms with Crippen molar-refractivity contribution >= 4 is 11.5 Å². The molecule has 4 heteroatoms. The van der Waals surface area contributed by atoms with Crippen molar-refractivity contribution < 1.29 is 0 Å². The second-order valence-electron chi connectivity index (χ2n) is 3.81. The van der Waals surface area contributed by atoms with Gasteiger partial charge in [0.1, 0.15) is 0 Å². The monoisotopic (exact) mass is 241 g/mol. The highest BCUT2D eigenvalue weighted by Crippen LogP contribution is 2.32. The maximum Gasteiger partial charge on any atom is 0.0881 e. The van der Waals surface area contributed by atoms with E-state index in [4.69, 9.17) is 0 Å². The maximum atomic E-state index is 4.39. The van der Waals surface area contributed by atoms with Crippen molar-refractivity contribution in [3.05, 3.63) is 47.5 Å². The van der Waals surface area contributed by atoms with Crippen molar-refractivity contribution in [3.8, 4) is 22.5 Å². The summed E-state index contributed by atoms with van der Waals surface area (Å²) in [4.78, 5) is 0. The maximum absolute atomic E-state index is 4.39. The Bertz CT molecular complexity index is 611. The predicted octanol–water partition coefficient (Wildman–Crippen LogP) is 3.51. The number of nitrogens with one attached hydrogen (secondary N) is 1. The number of aryl methyl sites for hydroxylation is 1. The standard InChI is InChI=1S/C13H11N3S/c1-9-12(11-7-8-17-16-11)13(15-14-9)10-5-3-2-4-6-10/h2-8H,1H3,(H,14,15). The van der Waals surface area contributed by atoms with Gasteiger partial charge in [-0.15, -0.1) is 0 Å². The molecule has 0 fully saturated rings. The van der Waals surface area contributed by atoms with Crippen molar-refractivity contribution in [2.24, 2.45) is 0 Å². The molecule has 0 radical (unpaired) electrons. The van der Waals surface area contributed by atoms with Crippen molar-refractivity contribution in [3.63, 3.8) is 0 Å². The third-order valence-corrected chi connectivity index (χ3v) is 3.26. The first-order valence-electron chi connectivity index (χ1n) is 5.37. The number of rotatable bonds is 2. The van der Waals surface area contributed by atoms with E-state index in [0.717, 1.165) is 28.2 Å². The second-order valence-corrected chi connectivity index (χ2v) is 4.48. The molecule has 3 nitrogen and oxygen atoms in total. The summed E-state index contributed by atoms with van der Waals surface area (Å²) in [6.45, 7) is 2.00. The molecule has 84 valence electrons. The van der Waals surface area contributed by atoms with Gasteiger partial charge in [0.25, 0.3) is 0 Å². The van der Waals surface area contributed by atoms with Gasteiger partial charge >= 0.3 is 0 Å². The van der Waals surface area contributed by atoms with E-state index in [2.05, 4.69) is 26.7 Å². The van der Waals surface area contributed by atoms with Gasteiger partial charge in [-0.2, -0.15) is 9.47 Å². The van der Waals surface area contributed by atoms with Crippen LogP contribution in [0, 0.1) is 6.92 Å². The summed E-state index contributed by atoms with van der Waals surface area (Å²) < 4.78 is 4.39. The van der Waals surface area contributed by atoms with Crippen molar-refractivity contribution in [1.82, 2.24) is 14.6 Å². The van der Waals surface area contributed by atoms with Crippen LogP contribution in [0.15, 0.2) is 41.8 Å². The minimum Gasteiger partial charge on any atom is -0.277 e. The largest absolute Gasteiger partial charge is 0.277 e. The molecule has 0 amide bonds. The summed E-state index contributed by atoms with van der Waals surface area (Å²) in [5, 5.41) is 9.36. The van der Waals surface area contributed by atoms with Gasteiger partial charge in [-0.3, -0.25) is 5.10 Å². The van der Waals surface area contributed by atoms with Crippen LogP contribution >= 0.6 is 11.5 Å². The van der Waals surface area contributed by atoms with Gasteiger partial charge in [0.15, 0.2) is 0 Å². The Morgan fingerprint density at radius 3 is 2.65 bits per heavy atom. The molecule has 2 heterocycles. The lowest BCUT2D eigenvalue weighted by Gasteiger charge is -2.01. The highest BCUT2D eigenvalue weighted by molar-refractivity contribution is 7.03. The SMILES string of the molecule is Cc1n[nH]c(-c2ccccc2)c1-c1ccsn1. The molecule has 0 saturated heterocycles. The van der Waals surface area contributed by atoms with E-state index in [9.17, 15) is 0 Å². The van der Waals surface area contributed by atoms with Gasteiger partial charge in [0.2, 0.25) is 0 Å². The normalized spacial score (nSPS) is 10.6. The number of hydrogen-bond donors (Lipinski definition) is 1. The molecular weight excluding hydrogens is 230 g/mol. The highest BCUT2D eigenvalue weighted by atomic mass is 32.1. The average Bonchev–Trinajstić information content (AvgIpc) is 2.99. The third-order valence-electron chi connectivity index (χ3n) is 2.70. The molecule has 3 rings (SSSR count). The van der Waals surface area contributed by atoms with Crippen LogP contribution in [-0.2, 0) is 0 Å². The topological polar surface area (TPSA) is 41.6 Å². The summed E-state index contributed by atoms with van der Waals surface area (Å²) >= 11 is 1.46. The van der Waals surface area contributed by atoms with Crippen LogP contribution in [0.4, 0.5) is 0 Å². The minimum atomic E-state index is 0.981. The molecule has 0 aliphatic carbocycles. The molecule has 0 atom stereocenters. The minimum absolute atomic E-state index is 0.981. The molecule has 2 aromatic heterocycles. The summed E-state index contributed by atoms with van der Waals surface area (Å²) in [6.07, 6.45) is 0. The Hall–Kier alpha value is -1.94. The summed E-state index contributed by atoms with van der Waals surface area (Å²) in [6, 6.07) is 12.2. The van der Waals surface area contributed by atoms with E-state index in [1.165, 1.54) is 11.5 Å². The van der Waals surface area contributed by atoms with Gasteiger partial charge in [0.05, 0.1) is 17.1 Å². The Balaban J connectivity index is 2.20. The lowest BCUT2D eigenvalue weighted by molar-refractivity contribution is 1.05. The van der Waals surface area contributed by atoms with E-state index in [-0.39, 0.29) is 0 Å². The third kappa shape index (κ3) is 1.76. The van der Waals surface area contributed by atoms with E-state index in [1.54, 1.807) is 0 Å². The zero-order valence-electron chi connectivity index (χ0n) is 9.34. The highest BCUT2D eigenvalue weighted by Gasteiger charge is 2.14. The summed E-state index contributed by atoms with van der Waals surface area (Å²) in [7, 11) is 0. The number of aromatic amines is 1. The number of aromatic nitrogens is 3. The van der Waals surface area contributed by atoms with Crippen LogP contribution in [0.25, 0.3) is 22.5 Å². The predicted molar refractivity (Wildman–Crippen MR) is 69.9 cm³/mol. The Morgan fingerprint density at radius 2 is 1.94 bits per heavy atom. The van der Waals surface area contributed by atoms with Crippen molar-refractivity contribution in [2.75, 3.05) is 0 Å². The first-order valence-corrected chi connectivity index (χ1v) is 6.21. The second kappa shape index (κ2) is 4.14. The number of hydrogen-bond acceptors (Lipinski definition) is 3. The molecule has 0 saturated carbocycles. The molecule has 1 N–H and O–H groups in total. The lowest BCUT2D eigenvalue weighted by Crippen LogP contribution is -1.83. The molecule has 0 spiro atoms. The summed E-state index contributed by atoms with van der Waals surface area (Å²) in [5.74, 6) is 0. The zero-order chi connectivity index (χ0) is 11.7. The van der Waals surface area contributed by atoms with Gasteiger partial charge in [0, 0.05) is 16.5 Å². The smallest absolute Gasteiger partial charge is 0.0881 e. The molecule has 3 aromatic rings. The van der Waals surface area contributed by atoms with Gasteiger partial charge < -0.3 is 0 Å². The Morgan fingerprint density at radius 1 is 1.12 bits per heavy atom. The molecule has 0 aliphatic rings. The van der Waals surface area contributed by atoms with Crippen LogP contribution in [-0.4, -0.2) is 14.6 Å². The Labute approximate surface area is 103 Å². The fourth-order valence-corrected chi connectivity index (χ4v) is 2.42. The quantitative estimate of drug-likeness (QED) is 0.746. The fourth-order valence-electron chi connectivity index (χ4n) is 1.90. The van der Waals surface area contributed by atoms with Crippen LogP contribution in [0.1, 0.15) is 5.69 Å². The van der Waals surface area contributed by atoms with Gasteiger partial charge in [-0.25, -0.2) is 0 Å². The van der Waals surface area contributed by atoms with E-state index in [1.807, 2.05) is 36.6 Å².